The van der Waals surface area contributed by atoms with Gasteiger partial charge in [0.1, 0.15) is 0 Å². The number of para-hydroxylation sites is 1. The molecule has 0 radical (unpaired) electrons. The van der Waals surface area contributed by atoms with Gasteiger partial charge in [-0.05, 0) is 24.3 Å². The molecule has 1 aliphatic rings. The van der Waals surface area contributed by atoms with E-state index in [0.717, 1.165) is 5.39 Å². The lowest BCUT2D eigenvalue weighted by atomic mass is 10.2. The van der Waals surface area contributed by atoms with Crippen molar-refractivity contribution in [2.24, 2.45) is 4.99 Å². The molecule has 0 saturated heterocycles. The van der Waals surface area contributed by atoms with Gasteiger partial charge in [0.15, 0.2) is 5.70 Å². The number of aliphatic imine (C=N–C) groups is 1. The van der Waals surface area contributed by atoms with Gasteiger partial charge < -0.3 is 4.74 Å². The molecule has 4 rings (SSSR count). The summed E-state index contributed by atoms with van der Waals surface area (Å²) < 4.78 is 6.63. The van der Waals surface area contributed by atoms with Crippen molar-refractivity contribution in [3.8, 4) is 0 Å². The van der Waals surface area contributed by atoms with Gasteiger partial charge in [-0.15, -0.1) is 0 Å². The number of halogens is 1. The lowest BCUT2D eigenvalue weighted by molar-refractivity contribution is -0.384. The number of non-ortho nitro benzene ring substituents is 1. The number of carbonyl (C=O) groups is 2. The highest BCUT2D eigenvalue weighted by atomic mass is 35.5. The normalized spacial score (nSPS) is 14.9. The van der Waals surface area contributed by atoms with Crippen LogP contribution in [0.5, 0.6) is 0 Å². The van der Waals surface area contributed by atoms with E-state index >= 15 is 0 Å². The molecule has 2 heterocycles. The van der Waals surface area contributed by atoms with Crippen molar-refractivity contribution in [1.82, 2.24) is 4.57 Å². The summed E-state index contributed by atoms with van der Waals surface area (Å²) in [5, 5.41) is 12.0. The van der Waals surface area contributed by atoms with E-state index in [-0.39, 0.29) is 33.8 Å². The highest BCUT2D eigenvalue weighted by Crippen LogP contribution is 2.28. The van der Waals surface area contributed by atoms with Gasteiger partial charge in [0.2, 0.25) is 11.8 Å². The summed E-state index contributed by atoms with van der Waals surface area (Å²) in [7, 11) is 0. The van der Waals surface area contributed by atoms with E-state index in [0.29, 0.717) is 11.2 Å². The van der Waals surface area contributed by atoms with Crippen LogP contribution in [0.1, 0.15) is 23.0 Å². The highest BCUT2D eigenvalue weighted by molar-refractivity contribution is 6.34. The predicted molar refractivity (Wildman–Crippen MR) is 107 cm³/mol. The largest absolute Gasteiger partial charge is 0.402 e. The molecule has 0 aliphatic carbocycles. The number of nitro groups is 1. The molecule has 0 unspecified atom stereocenters. The van der Waals surface area contributed by atoms with E-state index in [1.807, 2.05) is 18.2 Å². The fourth-order valence-corrected chi connectivity index (χ4v) is 3.29. The summed E-state index contributed by atoms with van der Waals surface area (Å²) in [5.74, 6) is -1.11. The molecular weight excluding hydrogens is 398 g/mol. The Balaban J connectivity index is 1.82. The first kappa shape index (κ1) is 18.6. The monoisotopic (exact) mass is 409 g/mol. The number of esters is 1. The van der Waals surface area contributed by atoms with E-state index in [4.69, 9.17) is 16.3 Å². The van der Waals surface area contributed by atoms with E-state index in [1.54, 1.807) is 12.1 Å². The molecule has 8 nitrogen and oxygen atoms in total. The second-order valence-corrected chi connectivity index (χ2v) is 6.65. The Morgan fingerprint density at radius 3 is 2.72 bits per heavy atom. The number of fused-ring (bicyclic) bond motifs is 1. The molecule has 0 fully saturated rings. The second-order valence-electron chi connectivity index (χ2n) is 6.24. The van der Waals surface area contributed by atoms with Crippen LogP contribution in [-0.4, -0.2) is 27.3 Å². The van der Waals surface area contributed by atoms with Gasteiger partial charge in [-0.2, -0.15) is 0 Å². The lowest BCUT2D eigenvalue weighted by Crippen LogP contribution is -2.08. The third kappa shape index (κ3) is 3.30. The van der Waals surface area contributed by atoms with Gasteiger partial charge >= 0.3 is 5.97 Å². The molecule has 0 atom stereocenters. The molecule has 0 bridgehead atoms. The fourth-order valence-electron chi connectivity index (χ4n) is 3.09. The Morgan fingerprint density at radius 1 is 1.24 bits per heavy atom. The van der Waals surface area contributed by atoms with Crippen molar-refractivity contribution < 1.29 is 19.2 Å². The van der Waals surface area contributed by atoms with Gasteiger partial charge in [-0.25, -0.2) is 9.79 Å². The summed E-state index contributed by atoms with van der Waals surface area (Å²) in [5.41, 5.74) is 1.03. The zero-order valence-electron chi connectivity index (χ0n) is 15.0. The van der Waals surface area contributed by atoms with Crippen LogP contribution in [0, 0.1) is 10.1 Å². The second kappa shape index (κ2) is 6.99. The molecule has 2 aromatic carbocycles. The number of aromatic nitrogens is 1. The number of hydrogen-bond donors (Lipinski definition) is 0. The number of ether oxygens (including phenoxy) is 1. The van der Waals surface area contributed by atoms with Crippen molar-refractivity contribution in [1.29, 1.82) is 0 Å². The fraction of sp³-hybridized carbons (Fsp3) is 0.0500. The van der Waals surface area contributed by atoms with E-state index in [1.165, 1.54) is 35.8 Å². The first-order valence-corrected chi connectivity index (χ1v) is 8.81. The van der Waals surface area contributed by atoms with Crippen LogP contribution < -0.4 is 0 Å². The molecule has 29 heavy (non-hydrogen) atoms. The highest BCUT2D eigenvalue weighted by Gasteiger charge is 2.27. The first-order valence-electron chi connectivity index (χ1n) is 8.43. The molecule has 3 aromatic rings. The molecule has 0 saturated carbocycles. The smallest absolute Gasteiger partial charge is 0.363 e. The van der Waals surface area contributed by atoms with Crippen LogP contribution in [0.25, 0.3) is 17.0 Å². The number of cyclic esters (lactones) is 1. The van der Waals surface area contributed by atoms with Crippen LogP contribution in [0.2, 0.25) is 5.02 Å². The van der Waals surface area contributed by atoms with E-state index in [9.17, 15) is 19.7 Å². The van der Waals surface area contributed by atoms with Crippen LogP contribution in [0.15, 0.2) is 59.2 Å². The summed E-state index contributed by atoms with van der Waals surface area (Å²) >= 11 is 6.09. The molecule has 0 amide bonds. The lowest BCUT2D eigenvalue weighted by Gasteiger charge is -2.02. The Hall–Kier alpha value is -3.78. The van der Waals surface area contributed by atoms with Crippen LogP contribution in [-0.2, 0) is 9.53 Å². The minimum Gasteiger partial charge on any atom is -0.402 e. The number of carbonyl (C=O) groups excluding carboxylic acids is 2. The molecule has 0 spiro atoms. The van der Waals surface area contributed by atoms with Gasteiger partial charge in [-0.1, -0.05) is 29.8 Å². The zero-order valence-corrected chi connectivity index (χ0v) is 15.7. The third-order valence-corrected chi connectivity index (χ3v) is 4.68. The van der Waals surface area contributed by atoms with Crippen LogP contribution in [0.4, 0.5) is 5.69 Å². The maximum absolute atomic E-state index is 12.3. The minimum absolute atomic E-state index is 0.0483. The van der Waals surface area contributed by atoms with Crippen LogP contribution >= 0.6 is 11.6 Å². The molecule has 144 valence electrons. The Morgan fingerprint density at radius 2 is 2.00 bits per heavy atom. The zero-order chi connectivity index (χ0) is 20.7. The maximum Gasteiger partial charge on any atom is 0.363 e. The molecule has 0 N–H and O–H groups in total. The first-order chi connectivity index (χ1) is 13.8. The molecular formula is C20H12ClN3O5. The topological polar surface area (TPSA) is 104 Å². The van der Waals surface area contributed by atoms with Gasteiger partial charge in [0, 0.05) is 24.4 Å². The Kier molecular flexibility index (Phi) is 4.48. The number of nitro benzene ring substituents is 1. The Labute approximate surface area is 168 Å². The number of hydrogen-bond acceptors (Lipinski definition) is 6. The average Bonchev–Trinajstić information content (AvgIpc) is 3.22. The Bertz CT molecular complexity index is 1270. The average molecular weight is 410 g/mol. The quantitative estimate of drug-likeness (QED) is 0.279. The summed E-state index contributed by atoms with van der Waals surface area (Å²) in [6, 6.07) is 12.8. The van der Waals surface area contributed by atoms with Gasteiger partial charge in [0.05, 0.1) is 26.7 Å². The van der Waals surface area contributed by atoms with Crippen molar-refractivity contribution in [2.75, 3.05) is 0 Å². The molecule has 1 aliphatic heterocycles. The molecule has 9 heteroatoms. The van der Waals surface area contributed by atoms with Gasteiger partial charge in [-0.3, -0.25) is 19.5 Å². The third-order valence-electron chi connectivity index (χ3n) is 4.35. The van der Waals surface area contributed by atoms with E-state index in [2.05, 4.69) is 4.99 Å². The van der Waals surface area contributed by atoms with Crippen molar-refractivity contribution in [2.45, 2.75) is 6.92 Å². The van der Waals surface area contributed by atoms with Crippen molar-refractivity contribution in [3.05, 3.63) is 80.6 Å². The number of nitrogens with zero attached hydrogens (tertiary/aromatic N) is 3. The number of rotatable bonds is 3. The maximum atomic E-state index is 12.3. The predicted octanol–water partition coefficient (Wildman–Crippen LogP) is 4.21. The minimum atomic E-state index is -0.747. The van der Waals surface area contributed by atoms with Gasteiger partial charge in [0.25, 0.3) is 5.69 Å². The number of benzene rings is 2. The summed E-state index contributed by atoms with van der Waals surface area (Å²) in [4.78, 5) is 39.0. The van der Waals surface area contributed by atoms with Crippen molar-refractivity contribution in [3.63, 3.8) is 0 Å². The summed E-state index contributed by atoms with van der Waals surface area (Å²) in [6.07, 6.45) is 1.43. The van der Waals surface area contributed by atoms with Crippen molar-refractivity contribution >= 4 is 52.0 Å². The standard InChI is InChI=1S/C20H12ClN3O5/c1-11(25)23-14(8-12-4-2-3-5-18(12)23)10-17-20(26)29-19(22-17)15-9-13(24(27)28)6-7-16(15)21/h2-10H,1H3/b17-10-. The molecule has 1 aromatic heterocycles. The SMILES string of the molecule is CC(=O)n1c(/C=C2\N=C(c3cc([N+](=O)[O-])ccc3Cl)OC2=O)cc2ccccc21. The summed E-state index contributed by atoms with van der Waals surface area (Å²) in [6.45, 7) is 1.42. The van der Waals surface area contributed by atoms with Crippen LogP contribution in [0.3, 0.4) is 0 Å². The van der Waals surface area contributed by atoms with E-state index < -0.39 is 10.9 Å².